The Morgan fingerprint density at radius 3 is 2.72 bits per heavy atom. The molecule has 1 aromatic rings. The van der Waals surface area contributed by atoms with Crippen LogP contribution in [0.1, 0.15) is 5.56 Å². The molecule has 0 spiro atoms. The van der Waals surface area contributed by atoms with Crippen molar-refractivity contribution < 1.29 is 9.59 Å². The highest BCUT2D eigenvalue weighted by molar-refractivity contribution is 6.35. The van der Waals surface area contributed by atoms with Crippen molar-refractivity contribution in [2.75, 3.05) is 6.54 Å². The lowest BCUT2D eigenvalue weighted by Gasteiger charge is -2.00. The quantitative estimate of drug-likeness (QED) is 0.370. The normalized spacial score (nSPS) is 10.1. The van der Waals surface area contributed by atoms with E-state index in [1.54, 1.807) is 24.3 Å². The number of nitrogens with zero attached hydrogens (tertiary/aromatic N) is 1. The zero-order valence-electron chi connectivity index (χ0n) is 9.52. The summed E-state index contributed by atoms with van der Waals surface area (Å²) in [6.45, 7) is 3.64. The van der Waals surface area contributed by atoms with Crippen molar-refractivity contribution in [1.82, 2.24) is 10.7 Å². The van der Waals surface area contributed by atoms with E-state index in [4.69, 9.17) is 11.6 Å². The van der Waals surface area contributed by atoms with Gasteiger partial charge in [0.15, 0.2) is 0 Å². The van der Waals surface area contributed by atoms with Crippen molar-refractivity contribution in [3.8, 4) is 0 Å². The molecule has 0 aromatic heterocycles. The van der Waals surface area contributed by atoms with Crippen molar-refractivity contribution in [2.24, 2.45) is 5.10 Å². The van der Waals surface area contributed by atoms with Crippen LogP contribution in [0.25, 0.3) is 0 Å². The summed E-state index contributed by atoms with van der Waals surface area (Å²) in [4.78, 5) is 22.4. The first-order chi connectivity index (χ1) is 8.65. The van der Waals surface area contributed by atoms with Crippen LogP contribution in [-0.4, -0.2) is 24.6 Å². The zero-order valence-corrected chi connectivity index (χ0v) is 10.3. The summed E-state index contributed by atoms with van der Waals surface area (Å²) in [5, 5.41) is 6.47. The van der Waals surface area contributed by atoms with Crippen LogP contribution in [0.3, 0.4) is 0 Å². The van der Waals surface area contributed by atoms with Crippen LogP contribution in [0.4, 0.5) is 0 Å². The molecule has 1 aromatic carbocycles. The Hall–Kier alpha value is -2.14. The number of amides is 2. The van der Waals surface area contributed by atoms with Gasteiger partial charge in [-0.1, -0.05) is 35.9 Å². The highest BCUT2D eigenvalue weighted by atomic mass is 35.5. The molecule has 0 heterocycles. The smallest absolute Gasteiger partial charge is 0.329 e. The molecule has 0 saturated heterocycles. The van der Waals surface area contributed by atoms with Gasteiger partial charge in [-0.2, -0.15) is 5.10 Å². The highest BCUT2D eigenvalue weighted by Crippen LogP contribution is 2.11. The summed E-state index contributed by atoms with van der Waals surface area (Å²) < 4.78 is 0. The summed E-state index contributed by atoms with van der Waals surface area (Å²) >= 11 is 5.88. The van der Waals surface area contributed by atoms with E-state index in [9.17, 15) is 9.59 Å². The van der Waals surface area contributed by atoms with Gasteiger partial charge in [-0.3, -0.25) is 9.59 Å². The van der Waals surface area contributed by atoms with Gasteiger partial charge in [0.25, 0.3) is 0 Å². The Balaban J connectivity index is 2.50. The average Bonchev–Trinajstić information content (AvgIpc) is 2.38. The maximum Gasteiger partial charge on any atom is 0.329 e. The minimum Gasteiger partial charge on any atom is -0.344 e. The second-order valence-corrected chi connectivity index (χ2v) is 3.63. The van der Waals surface area contributed by atoms with E-state index in [2.05, 4.69) is 22.4 Å². The van der Waals surface area contributed by atoms with Gasteiger partial charge < -0.3 is 5.32 Å². The molecule has 2 N–H and O–H groups in total. The first-order valence-electron chi connectivity index (χ1n) is 5.12. The maximum atomic E-state index is 11.2. The fraction of sp³-hybridized carbons (Fsp3) is 0.0833. The van der Waals surface area contributed by atoms with Gasteiger partial charge in [-0.05, 0) is 6.07 Å². The van der Waals surface area contributed by atoms with Crippen molar-refractivity contribution in [3.63, 3.8) is 0 Å². The van der Waals surface area contributed by atoms with Crippen LogP contribution in [0.15, 0.2) is 42.0 Å². The van der Waals surface area contributed by atoms with E-state index in [0.29, 0.717) is 10.6 Å². The third kappa shape index (κ3) is 4.39. The Labute approximate surface area is 110 Å². The number of benzene rings is 1. The fourth-order valence-electron chi connectivity index (χ4n) is 1.04. The summed E-state index contributed by atoms with van der Waals surface area (Å²) in [6.07, 6.45) is 2.83. The molecule has 0 aliphatic heterocycles. The summed E-state index contributed by atoms with van der Waals surface area (Å²) in [5.41, 5.74) is 2.74. The second kappa shape index (κ2) is 7.24. The number of nitrogens with one attached hydrogen (secondary N) is 2. The average molecular weight is 266 g/mol. The number of rotatable bonds is 4. The molecule has 1 rings (SSSR count). The predicted octanol–water partition coefficient (Wildman–Crippen LogP) is 1.09. The summed E-state index contributed by atoms with van der Waals surface area (Å²) in [6, 6.07) is 6.99. The topological polar surface area (TPSA) is 70.6 Å². The molecule has 2 amide bonds. The number of halogens is 1. The number of carbonyl (C=O) groups is 2. The molecule has 0 unspecified atom stereocenters. The van der Waals surface area contributed by atoms with E-state index >= 15 is 0 Å². The first-order valence-corrected chi connectivity index (χ1v) is 5.49. The van der Waals surface area contributed by atoms with E-state index in [-0.39, 0.29) is 6.54 Å². The summed E-state index contributed by atoms with van der Waals surface area (Å²) in [5.74, 6) is -1.62. The largest absolute Gasteiger partial charge is 0.344 e. The zero-order chi connectivity index (χ0) is 13.4. The van der Waals surface area contributed by atoms with Gasteiger partial charge in [-0.25, -0.2) is 5.43 Å². The molecule has 0 radical (unpaired) electrons. The Morgan fingerprint density at radius 1 is 1.33 bits per heavy atom. The Bertz CT molecular complexity index is 486. The predicted molar refractivity (Wildman–Crippen MR) is 70.4 cm³/mol. The minimum absolute atomic E-state index is 0.223. The molecule has 5 nitrogen and oxygen atoms in total. The molecule has 94 valence electrons. The molecule has 0 bridgehead atoms. The van der Waals surface area contributed by atoms with Crippen molar-refractivity contribution in [3.05, 3.63) is 47.5 Å². The van der Waals surface area contributed by atoms with Gasteiger partial charge in [0.1, 0.15) is 0 Å². The molecule has 0 fully saturated rings. The molecule has 18 heavy (non-hydrogen) atoms. The Kier molecular flexibility index (Phi) is 5.60. The molecule has 0 atom stereocenters. The number of hydrogen-bond acceptors (Lipinski definition) is 3. The monoisotopic (exact) mass is 265 g/mol. The molecule has 6 heteroatoms. The van der Waals surface area contributed by atoms with Crippen LogP contribution >= 0.6 is 11.6 Å². The standard InChI is InChI=1S/C12H12ClN3O2/c1-2-7-14-11(17)12(18)16-15-8-9-5-3-4-6-10(9)13/h2-6,8H,1,7H2,(H,14,17)(H,16,18)/b15-8-. The Morgan fingerprint density at radius 2 is 2.06 bits per heavy atom. The molecular weight excluding hydrogens is 254 g/mol. The fourth-order valence-corrected chi connectivity index (χ4v) is 1.22. The van der Waals surface area contributed by atoms with Crippen LogP contribution in [0, 0.1) is 0 Å². The molecular formula is C12H12ClN3O2. The number of carbonyl (C=O) groups excluding carboxylic acids is 2. The molecule has 0 aliphatic carbocycles. The van der Waals surface area contributed by atoms with E-state index in [1.807, 2.05) is 0 Å². The van der Waals surface area contributed by atoms with Crippen molar-refractivity contribution >= 4 is 29.6 Å². The van der Waals surface area contributed by atoms with Crippen molar-refractivity contribution in [2.45, 2.75) is 0 Å². The van der Waals surface area contributed by atoms with Crippen molar-refractivity contribution in [1.29, 1.82) is 0 Å². The SMILES string of the molecule is C=CCNC(=O)C(=O)N/N=C\c1ccccc1Cl. The minimum atomic E-state index is -0.847. The highest BCUT2D eigenvalue weighted by Gasteiger charge is 2.10. The summed E-state index contributed by atoms with van der Waals surface area (Å²) in [7, 11) is 0. The first kappa shape index (κ1) is 13.9. The van der Waals surface area contributed by atoms with Crippen LogP contribution in [0.2, 0.25) is 5.02 Å². The lowest BCUT2D eigenvalue weighted by Crippen LogP contribution is -2.37. The number of hydrogen-bond donors (Lipinski definition) is 2. The molecule has 0 saturated carbocycles. The van der Waals surface area contributed by atoms with Crippen LogP contribution in [0.5, 0.6) is 0 Å². The van der Waals surface area contributed by atoms with Gasteiger partial charge in [0.05, 0.1) is 6.21 Å². The van der Waals surface area contributed by atoms with E-state index < -0.39 is 11.8 Å². The van der Waals surface area contributed by atoms with Gasteiger partial charge in [0.2, 0.25) is 0 Å². The van der Waals surface area contributed by atoms with Gasteiger partial charge in [-0.15, -0.1) is 6.58 Å². The maximum absolute atomic E-state index is 11.2. The van der Waals surface area contributed by atoms with Crippen LogP contribution < -0.4 is 10.7 Å². The number of hydrazone groups is 1. The lowest BCUT2D eigenvalue weighted by molar-refractivity contribution is -0.139. The van der Waals surface area contributed by atoms with E-state index in [1.165, 1.54) is 12.3 Å². The molecule has 0 aliphatic rings. The van der Waals surface area contributed by atoms with Crippen LogP contribution in [-0.2, 0) is 9.59 Å². The van der Waals surface area contributed by atoms with Gasteiger partial charge >= 0.3 is 11.8 Å². The third-order valence-electron chi connectivity index (χ3n) is 1.89. The second-order valence-electron chi connectivity index (χ2n) is 3.22. The lowest BCUT2D eigenvalue weighted by atomic mass is 10.2. The van der Waals surface area contributed by atoms with E-state index in [0.717, 1.165) is 0 Å². The van der Waals surface area contributed by atoms with Gasteiger partial charge in [0, 0.05) is 17.1 Å². The third-order valence-corrected chi connectivity index (χ3v) is 2.23.